The number of aromatic amines is 1. The molecule has 27 heavy (non-hydrogen) atoms. The SMILES string of the molecule is C=CC(=O)N1CC(N(c2cc(-c3ccnc(NC)n3)c[nH]c2=O)C2CC2)C1. The van der Waals surface area contributed by atoms with Gasteiger partial charge in [0.15, 0.2) is 0 Å². The van der Waals surface area contributed by atoms with Gasteiger partial charge < -0.3 is 20.1 Å². The van der Waals surface area contributed by atoms with E-state index in [0.29, 0.717) is 30.8 Å². The van der Waals surface area contributed by atoms with Gasteiger partial charge in [-0.15, -0.1) is 0 Å². The lowest BCUT2D eigenvalue weighted by atomic mass is 10.0. The van der Waals surface area contributed by atoms with Gasteiger partial charge in [-0.05, 0) is 31.1 Å². The maximum atomic E-state index is 12.6. The van der Waals surface area contributed by atoms with Crippen LogP contribution in [0.25, 0.3) is 11.3 Å². The first-order chi connectivity index (χ1) is 13.1. The highest BCUT2D eigenvalue weighted by Crippen LogP contribution is 2.35. The number of nitrogens with one attached hydrogen (secondary N) is 2. The van der Waals surface area contributed by atoms with E-state index in [0.717, 1.165) is 24.1 Å². The largest absolute Gasteiger partial charge is 0.358 e. The van der Waals surface area contributed by atoms with Gasteiger partial charge in [-0.2, -0.15) is 0 Å². The second-order valence-electron chi connectivity index (χ2n) is 6.86. The average molecular weight is 366 g/mol. The van der Waals surface area contributed by atoms with E-state index >= 15 is 0 Å². The van der Waals surface area contributed by atoms with E-state index < -0.39 is 0 Å². The molecule has 2 aliphatic rings. The van der Waals surface area contributed by atoms with Gasteiger partial charge in [0.1, 0.15) is 5.69 Å². The summed E-state index contributed by atoms with van der Waals surface area (Å²) >= 11 is 0. The molecule has 0 spiro atoms. The summed E-state index contributed by atoms with van der Waals surface area (Å²) in [5, 5.41) is 2.92. The van der Waals surface area contributed by atoms with E-state index in [1.54, 1.807) is 24.3 Å². The Kier molecular flexibility index (Phi) is 4.39. The highest BCUT2D eigenvalue weighted by molar-refractivity contribution is 5.88. The van der Waals surface area contributed by atoms with E-state index in [2.05, 4.69) is 31.7 Å². The fraction of sp³-hybridized carbons (Fsp3) is 0.368. The number of carbonyl (C=O) groups excluding carboxylic acids is 1. The molecule has 1 amide bonds. The molecular formula is C19H22N6O2. The van der Waals surface area contributed by atoms with Crippen molar-refractivity contribution in [2.45, 2.75) is 24.9 Å². The van der Waals surface area contributed by atoms with Crippen molar-refractivity contribution in [1.82, 2.24) is 19.9 Å². The van der Waals surface area contributed by atoms with Crippen molar-refractivity contribution < 1.29 is 4.79 Å². The third-order valence-electron chi connectivity index (χ3n) is 5.02. The molecule has 1 aliphatic heterocycles. The predicted molar refractivity (Wildman–Crippen MR) is 104 cm³/mol. The molecule has 0 radical (unpaired) electrons. The molecule has 2 fully saturated rings. The minimum atomic E-state index is -0.123. The summed E-state index contributed by atoms with van der Waals surface area (Å²) in [6.07, 6.45) is 6.81. The number of pyridine rings is 1. The predicted octanol–water partition coefficient (Wildman–Crippen LogP) is 1.24. The van der Waals surface area contributed by atoms with Crippen LogP contribution in [0.5, 0.6) is 0 Å². The van der Waals surface area contributed by atoms with Gasteiger partial charge in [-0.25, -0.2) is 9.97 Å². The lowest BCUT2D eigenvalue weighted by Gasteiger charge is -2.46. The molecule has 3 heterocycles. The standard InChI is InChI=1S/C19H22N6O2/c1-3-17(26)24-10-14(11-24)25(13-4-5-13)16-8-12(9-22-18(16)27)15-6-7-21-19(20-2)23-15/h3,6-9,13-14H,1,4-5,10-11H2,2H3,(H,22,27)(H,20,21,23). The van der Waals surface area contributed by atoms with Crippen molar-refractivity contribution >= 4 is 17.5 Å². The highest BCUT2D eigenvalue weighted by Gasteiger charge is 2.42. The van der Waals surface area contributed by atoms with Gasteiger partial charge in [-0.3, -0.25) is 9.59 Å². The summed E-state index contributed by atoms with van der Waals surface area (Å²) in [7, 11) is 1.76. The summed E-state index contributed by atoms with van der Waals surface area (Å²) in [5.41, 5.74) is 2.07. The number of aromatic nitrogens is 3. The molecule has 1 aliphatic carbocycles. The Morgan fingerprint density at radius 1 is 1.41 bits per heavy atom. The number of likely N-dealkylation sites (tertiary alicyclic amines) is 1. The van der Waals surface area contributed by atoms with E-state index in [1.165, 1.54) is 6.08 Å². The lowest BCUT2D eigenvalue weighted by Crippen LogP contribution is -2.62. The Hall–Kier alpha value is -3.16. The molecule has 0 unspecified atom stereocenters. The number of H-pyrrole nitrogens is 1. The lowest BCUT2D eigenvalue weighted by molar-refractivity contribution is -0.130. The van der Waals surface area contributed by atoms with Gasteiger partial charge in [-0.1, -0.05) is 6.58 Å². The summed E-state index contributed by atoms with van der Waals surface area (Å²) in [6.45, 7) is 4.76. The maximum Gasteiger partial charge on any atom is 0.271 e. The average Bonchev–Trinajstić information content (AvgIpc) is 3.49. The molecule has 0 bridgehead atoms. The molecule has 2 aromatic heterocycles. The minimum Gasteiger partial charge on any atom is -0.358 e. The summed E-state index contributed by atoms with van der Waals surface area (Å²) in [5.74, 6) is 0.460. The van der Waals surface area contributed by atoms with Crippen LogP contribution < -0.4 is 15.8 Å². The zero-order valence-electron chi connectivity index (χ0n) is 15.2. The van der Waals surface area contributed by atoms with Crippen LogP contribution in [-0.4, -0.2) is 58.0 Å². The number of anilines is 2. The summed E-state index contributed by atoms with van der Waals surface area (Å²) in [4.78, 5) is 39.7. The first-order valence-corrected chi connectivity index (χ1v) is 9.04. The first-order valence-electron chi connectivity index (χ1n) is 9.04. The molecule has 0 atom stereocenters. The number of carbonyl (C=O) groups is 1. The Morgan fingerprint density at radius 3 is 2.85 bits per heavy atom. The molecule has 2 N–H and O–H groups in total. The zero-order chi connectivity index (χ0) is 19.0. The van der Waals surface area contributed by atoms with Crippen LogP contribution >= 0.6 is 0 Å². The fourth-order valence-electron chi connectivity index (χ4n) is 3.44. The number of rotatable bonds is 6. The maximum absolute atomic E-state index is 12.6. The van der Waals surface area contributed by atoms with Crippen LogP contribution in [0.2, 0.25) is 0 Å². The highest BCUT2D eigenvalue weighted by atomic mass is 16.2. The molecule has 4 rings (SSSR count). The van der Waals surface area contributed by atoms with Crippen molar-refractivity contribution in [3.8, 4) is 11.3 Å². The fourth-order valence-corrected chi connectivity index (χ4v) is 3.44. The van der Waals surface area contributed by atoms with Gasteiger partial charge in [0.25, 0.3) is 5.56 Å². The molecule has 1 saturated carbocycles. The van der Waals surface area contributed by atoms with Crippen molar-refractivity contribution in [2.24, 2.45) is 0 Å². The zero-order valence-corrected chi connectivity index (χ0v) is 15.2. The normalized spacial score (nSPS) is 16.6. The molecule has 0 aromatic carbocycles. The third-order valence-corrected chi connectivity index (χ3v) is 5.02. The molecule has 1 saturated heterocycles. The van der Waals surface area contributed by atoms with Gasteiger partial charge in [0.05, 0.1) is 11.7 Å². The van der Waals surface area contributed by atoms with Gasteiger partial charge >= 0.3 is 0 Å². The second-order valence-corrected chi connectivity index (χ2v) is 6.86. The van der Waals surface area contributed by atoms with Crippen LogP contribution in [-0.2, 0) is 4.79 Å². The first kappa shape index (κ1) is 17.3. The monoisotopic (exact) mass is 366 g/mol. The minimum absolute atomic E-state index is 0.0646. The van der Waals surface area contributed by atoms with E-state index in [-0.39, 0.29) is 17.5 Å². The van der Waals surface area contributed by atoms with Crippen LogP contribution in [0.1, 0.15) is 12.8 Å². The quantitative estimate of drug-likeness (QED) is 0.747. The summed E-state index contributed by atoms with van der Waals surface area (Å²) < 4.78 is 0. The van der Waals surface area contributed by atoms with Crippen molar-refractivity contribution in [1.29, 1.82) is 0 Å². The van der Waals surface area contributed by atoms with Crippen LogP contribution in [0.15, 0.2) is 42.0 Å². The topological polar surface area (TPSA) is 94.2 Å². The van der Waals surface area contributed by atoms with Gasteiger partial charge in [0, 0.05) is 44.1 Å². The Balaban J connectivity index is 1.64. The van der Waals surface area contributed by atoms with E-state index in [9.17, 15) is 9.59 Å². The number of hydrogen-bond acceptors (Lipinski definition) is 6. The number of hydrogen-bond donors (Lipinski definition) is 2. The molecule has 2 aromatic rings. The molecule has 8 nitrogen and oxygen atoms in total. The summed E-state index contributed by atoms with van der Waals surface area (Å²) in [6, 6.07) is 4.20. The van der Waals surface area contributed by atoms with Crippen molar-refractivity contribution in [2.75, 3.05) is 30.4 Å². The smallest absolute Gasteiger partial charge is 0.271 e. The molecular weight excluding hydrogens is 344 g/mol. The second kappa shape index (κ2) is 6.86. The number of nitrogens with zero attached hydrogens (tertiary/aromatic N) is 4. The Bertz CT molecular complexity index is 930. The molecule has 8 heteroatoms. The van der Waals surface area contributed by atoms with Crippen molar-refractivity contribution in [3.05, 3.63) is 47.5 Å². The number of amides is 1. The van der Waals surface area contributed by atoms with Crippen LogP contribution in [0.4, 0.5) is 11.6 Å². The van der Waals surface area contributed by atoms with Crippen LogP contribution in [0.3, 0.4) is 0 Å². The van der Waals surface area contributed by atoms with Crippen molar-refractivity contribution in [3.63, 3.8) is 0 Å². The van der Waals surface area contributed by atoms with Crippen LogP contribution in [0, 0.1) is 0 Å². The van der Waals surface area contributed by atoms with Gasteiger partial charge in [0.2, 0.25) is 11.9 Å². The Labute approximate surface area is 156 Å². The Morgan fingerprint density at radius 2 is 2.19 bits per heavy atom. The third kappa shape index (κ3) is 3.30. The molecule has 140 valence electrons. The van der Waals surface area contributed by atoms with E-state index in [4.69, 9.17) is 0 Å². The van der Waals surface area contributed by atoms with E-state index in [1.807, 2.05) is 12.1 Å².